The highest BCUT2D eigenvalue weighted by Crippen LogP contribution is 2.35. The van der Waals surface area contributed by atoms with E-state index in [-0.39, 0.29) is 22.9 Å². The number of aryl methyl sites for hydroxylation is 3. The zero-order valence-corrected chi connectivity index (χ0v) is 22.7. The molecule has 0 aliphatic carbocycles. The number of hydrogen-bond acceptors (Lipinski definition) is 6. The zero-order valence-electron chi connectivity index (χ0n) is 20.3. The average Bonchev–Trinajstić information content (AvgIpc) is 3.13. The van der Waals surface area contributed by atoms with Crippen LogP contribution in [-0.4, -0.2) is 24.5 Å². The molecule has 5 rings (SSSR count). The van der Waals surface area contributed by atoms with Crippen LogP contribution in [-0.2, 0) is 11.3 Å². The van der Waals surface area contributed by atoms with Crippen LogP contribution in [0.4, 0.5) is 0 Å². The lowest BCUT2D eigenvalue weighted by Crippen LogP contribution is -2.27. The summed E-state index contributed by atoms with van der Waals surface area (Å²) in [6, 6.07) is 16.8. The van der Waals surface area contributed by atoms with Crippen molar-refractivity contribution in [3.05, 3.63) is 109 Å². The number of pyridine rings is 1. The molecule has 1 fully saturated rings. The predicted octanol–water partition coefficient (Wildman–Crippen LogP) is 6.47. The molecule has 0 unspecified atom stereocenters. The van der Waals surface area contributed by atoms with Crippen LogP contribution in [0, 0.1) is 20.8 Å². The van der Waals surface area contributed by atoms with Gasteiger partial charge in [-0.3, -0.25) is 18.9 Å². The van der Waals surface area contributed by atoms with Gasteiger partial charge in [0.1, 0.15) is 21.3 Å². The van der Waals surface area contributed by atoms with Crippen LogP contribution >= 0.6 is 35.6 Å². The van der Waals surface area contributed by atoms with Crippen LogP contribution in [0.3, 0.4) is 0 Å². The van der Waals surface area contributed by atoms with E-state index in [0.717, 1.165) is 34.0 Å². The van der Waals surface area contributed by atoms with Crippen LogP contribution < -0.4 is 10.3 Å². The number of carbonyl (C=O) groups is 1. The summed E-state index contributed by atoms with van der Waals surface area (Å²) in [4.78, 5) is 33.5. The highest BCUT2D eigenvalue weighted by Gasteiger charge is 2.33. The maximum absolute atomic E-state index is 13.6. The number of nitrogens with zero attached hydrogens (tertiary/aromatic N) is 3. The molecule has 0 atom stereocenters. The summed E-state index contributed by atoms with van der Waals surface area (Å²) >= 11 is 12.8. The van der Waals surface area contributed by atoms with Crippen molar-refractivity contribution in [2.75, 3.05) is 0 Å². The molecule has 0 radical (unpaired) electrons. The smallest absolute Gasteiger partial charge is 0.269 e. The van der Waals surface area contributed by atoms with Gasteiger partial charge in [-0.05, 0) is 67.8 Å². The highest BCUT2D eigenvalue weighted by atomic mass is 35.5. The van der Waals surface area contributed by atoms with Crippen molar-refractivity contribution in [2.45, 2.75) is 27.3 Å². The summed E-state index contributed by atoms with van der Waals surface area (Å²) in [5.74, 6) is 0.315. The number of benzene rings is 2. The van der Waals surface area contributed by atoms with Crippen molar-refractivity contribution in [1.29, 1.82) is 0 Å². The maximum atomic E-state index is 13.6. The molecule has 6 nitrogen and oxygen atoms in total. The van der Waals surface area contributed by atoms with Gasteiger partial charge >= 0.3 is 0 Å². The van der Waals surface area contributed by atoms with Crippen molar-refractivity contribution in [1.82, 2.24) is 14.3 Å². The molecule has 186 valence electrons. The quantitative estimate of drug-likeness (QED) is 0.211. The number of ether oxygens (including phenoxy) is 1. The van der Waals surface area contributed by atoms with E-state index < -0.39 is 0 Å². The average molecular weight is 548 g/mol. The third-order valence-corrected chi connectivity index (χ3v) is 7.81. The van der Waals surface area contributed by atoms with E-state index in [9.17, 15) is 9.59 Å². The molecule has 2 aromatic heterocycles. The molecule has 0 saturated carbocycles. The van der Waals surface area contributed by atoms with E-state index in [1.165, 1.54) is 15.4 Å². The van der Waals surface area contributed by atoms with Crippen molar-refractivity contribution >= 4 is 57.5 Å². The second-order valence-corrected chi connectivity index (χ2v) is 10.9. The topological polar surface area (TPSA) is 63.9 Å². The second kappa shape index (κ2) is 10.1. The van der Waals surface area contributed by atoms with Gasteiger partial charge in [-0.2, -0.15) is 4.98 Å². The number of thioether (sulfide) groups is 1. The van der Waals surface area contributed by atoms with Gasteiger partial charge in [-0.15, -0.1) is 0 Å². The number of halogens is 1. The minimum absolute atomic E-state index is 0.102. The molecule has 0 N–H and O–H groups in total. The number of thiocarbonyl (C=S) groups is 1. The van der Waals surface area contributed by atoms with E-state index >= 15 is 0 Å². The minimum Gasteiger partial charge on any atom is -0.438 e. The highest BCUT2D eigenvalue weighted by molar-refractivity contribution is 8.26. The van der Waals surface area contributed by atoms with Gasteiger partial charge in [0.05, 0.1) is 11.4 Å². The fourth-order valence-corrected chi connectivity index (χ4v) is 5.28. The van der Waals surface area contributed by atoms with E-state index in [0.29, 0.717) is 32.2 Å². The lowest BCUT2D eigenvalue weighted by Gasteiger charge is -2.14. The Morgan fingerprint density at radius 1 is 1.05 bits per heavy atom. The lowest BCUT2D eigenvalue weighted by atomic mass is 10.1. The SMILES string of the molecule is Cc1ccc(CN2C(=O)/C(=C\c3c(Oc4ccc(Cl)c(C)c4)nc4c(C)cccn4c3=O)SC2=S)cc1. The Kier molecular flexibility index (Phi) is 6.90. The molecule has 3 heterocycles. The first-order chi connectivity index (χ1) is 17.7. The van der Waals surface area contributed by atoms with Crippen molar-refractivity contribution in [3.63, 3.8) is 0 Å². The number of aromatic nitrogens is 2. The maximum Gasteiger partial charge on any atom is 0.269 e. The molecule has 37 heavy (non-hydrogen) atoms. The fourth-order valence-electron chi connectivity index (χ4n) is 3.93. The van der Waals surface area contributed by atoms with E-state index in [2.05, 4.69) is 4.98 Å². The van der Waals surface area contributed by atoms with Crippen LogP contribution in [0.5, 0.6) is 11.6 Å². The number of hydrogen-bond donors (Lipinski definition) is 0. The van der Waals surface area contributed by atoms with E-state index in [1.807, 2.05) is 51.1 Å². The molecule has 1 saturated heterocycles. The molecule has 1 amide bonds. The van der Waals surface area contributed by atoms with Gasteiger partial charge in [-0.1, -0.05) is 71.5 Å². The van der Waals surface area contributed by atoms with Gasteiger partial charge in [0.2, 0.25) is 5.88 Å². The Bertz CT molecular complexity index is 1660. The fraction of sp³-hybridized carbons (Fsp3) is 0.143. The molecular weight excluding hydrogens is 526 g/mol. The molecule has 1 aliphatic heterocycles. The summed E-state index contributed by atoms with van der Waals surface area (Å²) < 4.78 is 7.98. The second-order valence-electron chi connectivity index (χ2n) is 8.79. The minimum atomic E-state index is -0.349. The molecule has 2 aromatic carbocycles. The Balaban J connectivity index is 1.58. The normalized spacial score (nSPS) is 14.7. The summed E-state index contributed by atoms with van der Waals surface area (Å²) in [5, 5.41) is 0.604. The van der Waals surface area contributed by atoms with Crippen molar-refractivity contribution < 1.29 is 9.53 Å². The standard InChI is InChI=1S/C28H22ClN3O3S2/c1-16-6-8-19(9-7-16)15-32-27(34)23(37-28(32)36)14-21-25(35-20-10-11-22(29)18(3)13-20)30-24-17(2)5-4-12-31(24)26(21)33/h4-14H,15H2,1-3H3/b23-14+. The van der Waals surface area contributed by atoms with Gasteiger partial charge < -0.3 is 4.74 Å². The van der Waals surface area contributed by atoms with Crippen LogP contribution in [0.2, 0.25) is 5.02 Å². The summed E-state index contributed by atoms with van der Waals surface area (Å²) in [6.45, 7) is 6.09. The first kappa shape index (κ1) is 25.2. The molecular formula is C28H22ClN3O3S2. The predicted molar refractivity (Wildman–Crippen MR) is 152 cm³/mol. The number of fused-ring (bicyclic) bond motifs is 1. The van der Waals surface area contributed by atoms with Crippen LogP contribution in [0.25, 0.3) is 11.7 Å². The van der Waals surface area contributed by atoms with Crippen LogP contribution in [0.15, 0.2) is 70.5 Å². The molecule has 0 spiro atoms. The Morgan fingerprint density at radius 3 is 2.54 bits per heavy atom. The van der Waals surface area contributed by atoms with Gasteiger partial charge in [0.15, 0.2) is 0 Å². The largest absolute Gasteiger partial charge is 0.438 e. The van der Waals surface area contributed by atoms with Gasteiger partial charge in [0, 0.05) is 11.2 Å². The van der Waals surface area contributed by atoms with E-state index in [1.54, 1.807) is 30.5 Å². The Morgan fingerprint density at radius 2 is 1.81 bits per heavy atom. The van der Waals surface area contributed by atoms with Gasteiger partial charge in [-0.25, -0.2) is 0 Å². The first-order valence-electron chi connectivity index (χ1n) is 11.5. The first-order valence-corrected chi connectivity index (χ1v) is 13.1. The zero-order chi connectivity index (χ0) is 26.3. The Labute approximate surface area is 228 Å². The number of amides is 1. The number of rotatable bonds is 5. The van der Waals surface area contributed by atoms with E-state index in [4.69, 9.17) is 28.6 Å². The van der Waals surface area contributed by atoms with Crippen molar-refractivity contribution in [2.24, 2.45) is 0 Å². The molecule has 1 aliphatic rings. The monoisotopic (exact) mass is 547 g/mol. The van der Waals surface area contributed by atoms with Gasteiger partial charge in [0.25, 0.3) is 11.5 Å². The summed E-state index contributed by atoms with van der Waals surface area (Å²) in [6.07, 6.45) is 3.17. The third kappa shape index (κ3) is 5.05. The lowest BCUT2D eigenvalue weighted by molar-refractivity contribution is -0.122. The van der Waals surface area contributed by atoms with Crippen LogP contribution in [0.1, 0.15) is 27.8 Å². The Hall–Kier alpha value is -3.46. The summed E-state index contributed by atoms with van der Waals surface area (Å²) in [5.41, 5.74) is 4.02. The number of carbonyl (C=O) groups excluding carboxylic acids is 1. The third-order valence-electron chi connectivity index (χ3n) is 6.00. The summed E-state index contributed by atoms with van der Waals surface area (Å²) in [7, 11) is 0. The molecule has 0 bridgehead atoms. The molecule has 9 heteroatoms. The molecule has 4 aromatic rings. The van der Waals surface area contributed by atoms with Crippen molar-refractivity contribution in [3.8, 4) is 11.6 Å².